The molecule has 1 aromatic carbocycles. The highest BCUT2D eigenvalue weighted by molar-refractivity contribution is 9.10. The molecule has 2 rings (SSSR count). The van der Waals surface area contributed by atoms with Crippen molar-refractivity contribution >= 4 is 27.5 Å². The van der Waals surface area contributed by atoms with Crippen molar-refractivity contribution in [3.05, 3.63) is 38.3 Å². The molecule has 0 saturated carbocycles. The predicted molar refractivity (Wildman–Crippen MR) is 83.4 cm³/mol. The van der Waals surface area contributed by atoms with E-state index >= 15 is 0 Å². The molecular formula is C14H18BrN3O3. The lowest BCUT2D eigenvalue weighted by molar-refractivity contribution is -0.385. The second kappa shape index (κ2) is 7.00. The zero-order valence-electron chi connectivity index (χ0n) is 11.8. The van der Waals surface area contributed by atoms with Crippen molar-refractivity contribution in [1.82, 2.24) is 10.2 Å². The summed E-state index contributed by atoms with van der Waals surface area (Å²) in [7, 11) is 0. The van der Waals surface area contributed by atoms with Gasteiger partial charge >= 0.3 is 0 Å². The Morgan fingerprint density at radius 3 is 2.95 bits per heavy atom. The van der Waals surface area contributed by atoms with E-state index < -0.39 is 4.92 Å². The van der Waals surface area contributed by atoms with Gasteiger partial charge in [-0.2, -0.15) is 0 Å². The van der Waals surface area contributed by atoms with Gasteiger partial charge in [0.15, 0.2) is 0 Å². The largest absolute Gasteiger partial charge is 0.352 e. The number of carbonyl (C=O) groups excluding carboxylic acids is 1. The molecule has 0 bridgehead atoms. The monoisotopic (exact) mass is 355 g/mol. The Morgan fingerprint density at radius 2 is 2.33 bits per heavy atom. The van der Waals surface area contributed by atoms with Gasteiger partial charge in [-0.1, -0.05) is 13.0 Å². The van der Waals surface area contributed by atoms with Crippen molar-refractivity contribution < 1.29 is 9.72 Å². The van der Waals surface area contributed by atoms with Crippen LogP contribution in [0.2, 0.25) is 0 Å². The van der Waals surface area contributed by atoms with Crippen molar-refractivity contribution in [3.8, 4) is 0 Å². The third-order valence-corrected chi connectivity index (χ3v) is 4.62. The van der Waals surface area contributed by atoms with E-state index in [0.29, 0.717) is 18.0 Å². The van der Waals surface area contributed by atoms with E-state index in [2.05, 4.69) is 33.1 Å². The molecule has 1 aliphatic rings. The van der Waals surface area contributed by atoms with Crippen LogP contribution in [0.5, 0.6) is 0 Å². The van der Waals surface area contributed by atoms with Gasteiger partial charge in [0, 0.05) is 19.2 Å². The van der Waals surface area contributed by atoms with Gasteiger partial charge in [-0.3, -0.25) is 14.9 Å². The Hall–Kier alpha value is -1.47. The molecule has 0 spiro atoms. The summed E-state index contributed by atoms with van der Waals surface area (Å²) in [4.78, 5) is 24.9. The summed E-state index contributed by atoms with van der Waals surface area (Å²) in [6.07, 6.45) is 1.07. The van der Waals surface area contributed by atoms with E-state index in [1.807, 2.05) is 0 Å². The van der Waals surface area contributed by atoms with Crippen LogP contribution in [-0.4, -0.2) is 41.9 Å². The van der Waals surface area contributed by atoms with E-state index in [1.165, 1.54) is 12.1 Å². The van der Waals surface area contributed by atoms with E-state index in [9.17, 15) is 14.9 Å². The van der Waals surface area contributed by atoms with Crippen LogP contribution in [0.4, 0.5) is 5.69 Å². The van der Waals surface area contributed by atoms with E-state index in [4.69, 9.17) is 0 Å². The van der Waals surface area contributed by atoms with Gasteiger partial charge in [-0.25, -0.2) is 0 Å². The first-order valence-electron chi connectivity index (χ1n) is 6.96. The van der Waals surface area contributed by atoms with Crippen LogP contribution in [0.3, 0.4) is 0 Å². The fourth-order valence-corrected chi connectivity index (χ4v) is 3.12. The molecule has 0 aromatic heterocycles. The molecule has 0 radical (unpaired) electrons. The lowest BCUT2D eigenvalue weighted by Gasteiger charge is -2.14. The maximum absolute atomic E-state index is 12.2. The Kier molecular flexibility index (Phi) is 5.30. The van der Waals surface area contributed by atoms with Gasteiger partial charge in [0.25, 0.3) is 11.6 Å². The van der Waals surface area contributed by atoms with Crippen molar-refractivity contribution in [2.24, 2.45) is 5.92 Å². The van der Waals surface area contributed by atoms with E-state index in [1.54, 1.807) is 6.07 Å². The number of rotatable bonds is 5. The van der Waals surface area contributed by atoms with Crippen molar-refractivity contribution in [2.75, 3.05) is 26.2 Å². The first-order valence-corrected chi connectivity index (χ1v) is 7.75. The molecule has 114 valence electrons. The fraction of sp³-hybridized carbons (Fsp3) is 0.500. The third kappa shape index (κ3) is 3.79. The summed E-state index contributed by atoms with van der Waals surface area (Å²) in [6.45, 7) is 5.82. The summed E-state index contributed by atoms with van der Waals surface area (Å²) in [6, 6.07) is 4.47. The maximum atomic E-state index is 12.2. The van der Waals surface area contributed by atoms with Gasteiger partial charge in [-0.15, -0.1) is 0 Å². The summed E-state index contributed by atoms with van der Waals surface area (Å²) < 4.78 is 0.231. The number of amides is 1. The first kappa shape index (κ1) is 15.9. The third-order valence-electron chi connectivity index (χ3n) is 3.79. The van der Waals surface area contributed by atoms with Crippen LogP contribution in [-0.2, 0) is 0 Å². The second-order valence-electron chi connectivity index (χ2n) is 5.15. The van der Waals surface area contributed by atoms with Gasteiger partial charge in [0.2, 0.25) is 0 Å². The molecule has 0 aliphatic carbocycles. The van der Waals surface area contributed by atoms with Gasteiger partial charge < -0.3 is 10.2 Å². The highest BCUT2D eigenvalue weighted by Gasteiger charge is 2.23. The average molecular weight is 356 g/mol. The molecule has 1 heterocycles. The first-order chi connectivity index (χ1) is 10.0. The number of likely N-dealkylation sites (tertiary alicyclic amines) is 1. The number of hydrogen-bond donors (Lipinski definition) is 1. The SMILES string of the molecule is CCN1CCC(CNC(=O)c2cccc([N+](=O)[O-])c2Br)C1. The molecule has 1 aromatic rings. The molecule has 6 nitrogen and oxygen atoms in total. The Bertz CT molecular complexity index is 550. The van der Waals surface area contributed by atoms with Crippen LogP contribution in [0, 0.1) is 16.0 Å². The molecule has 1 atom stereocenters. The fourth-order valence-electron chi connectivity index (χ4n) is 2.54. The summed E-state index contributed by atoms with van der Waals surface area (Å²) >= 11 is 3.15. The summed E-state index contributed by atoms with van der Waals surface area (Å²) in [5.74, 6) is 0.173. The van der Waals surface area contributed by atoms with Crippen molar-refractivity contribution in [1.29, 1.82) is 0 Å². The normalized spacial score (nSPS) is 18.7. The molecule has 7 heteroatoms. The summed E-state index contributed by atoms with van der Waals surface area (Å²) in [5, 5.41) is 13.7. The van der Waals surface area contributed by atoms with E-state index in [0.717, 1.165) is 26.1 Å². The number of nitrogens with one attached hydrogen (secondary N) is 1. The average Bonchev–Trinajstić information content (AvgIpc) is 2.92. The van der Waals surface area contributed by atoms with Crippen LogP contribution in [0.15, 0.2) is 22.7 Å². The highest BCUT2D eigenvalue weighted by atomic mass is 79.9. The molecule has 1 fully saturated rings. The number of nitrogens with zero attached hydrogens (tertiary/aromatic N) is 2. The molecule has 21 heavy (non-hydrogen) atoms. The van der Waals surface area contributed by atoms with Crippen LogP contribution in [0.25, 0.3) is 0 Å². The number of nitro groups is 1. The quantitative estimate of drug-likeness (QED) is 0.650. The topological polar surface area (TPSA) is 75.5 Å². The van der Waals surface area contributed by atoms with E-state index in [-0.39, 0.29) is 16.1 Å². The lowest BCUT2D eigenvalue weighted by atomic mass is 10.1. The molecule has 1 aliphatic heterocycles. The Morgan fingerprint density at radius 1 is 1.57 bits per heavy atom. The number of hydrogen-bond acceptors (Lipinski definition) is 4. The van der Waals surface area contributed by atoms with Crippen molar-refractivity contribution in [2.45, 2.75) is 13.3 Å². The minimum atomic E-state index is -0.503. The number of carbonyl (C=O) groups is 1. The Labute approximate surface area is 131 Å². The predicted octanol–water partition coefficient (Wildman–Crippen LogP) is 2.43. The van der Waals surface area contributed by atoms with Crippen LogP contribution < -0.4 is 5.32 Å². The molecule has 1 N–H and O–H groups in total. The van der Waals surface area contributed by atoms with Gasteiger partial charge in [-0.05, 0) is 47.4 Å². The minimum Gasteiger partial charge on any atom is -0.352 e. The second-order valence-corrected chi connectivity index (χ2v) is 5.95. The van der Waals surface area contributed by atoms with Gasteiger partial charge in [0.05, 0.1) is 10.5 Å². The number of nitro benzene ring substituents is 1. The van der Waals surface area contributed by atoms with Crippen molar-refractivity contribution in [3.63, 3.8) is 0 Å². The standard InChI is InChI=1S/C14H18BrN3O3/c1-2-17-7-6-10(9-17)8-16-14(19)11-4-3-5-12(13(11)15)18(20)21/h3-5,10H,2,6-9H2,1H3,(H,16,19). The smallest absolute Gasteiger partial charge is 0.284 e. The minimum absolute atomic E-state index is 0.0966. The molecule has 1 saturated heterocycles. The molecular weight excluding hydrogens is 338 g/mol. The zero-order valence-corrected chi connectivity index (χ0v) is 13.4. The lowest BCUT2D eigenvalue weighted by Crippen LogP contribution is -2.31. The van der Waals surface area contributed by atoms with Gasteiger partial charge in [0.1, 0.15) is 4.47 Å². The zero-order chi connectivity index (χ0) is 15.4. The van der Waals surface area contributed by atoms with Crippen LogP contribution >= 0.6 is 15.9 Å². The number of halogens is 1. The Balaban J connectivity index is 1.98. The van der Waals surface area contributed by atoms with Crippen LogP contribution in [0.1, 0.15) is 23.7 Å². The maximum Gasteiger partial charge on any atom is 0.284 e. The molecule has 1 amide bonds. The summed E-state index contributed by atoms with van der Waals surface area (Å²) in [5.41, 5.74) is 0.204. The molecule has 1 unspecified atom stereocenters. The highest BCUT2D eigenvalue weighted by Crippen LogP contribution is 2.28. The number of benzene rings is 1.